The maximum absolute atomic E-state index is 11.6. The van der Waals surface area contributed by atoms with Crippen LogP contribution in [-0.4, -0.2) is 35.6 Å². The summed E-state index contributed by atoms with van der Waals surface area (Å²) in [5, 5.41) is 0. The summed E-state index contributed by atoms with van der Waals surface area (Å²) in [6.45, 7) is 9.98. The highest BCUT2D eigenvalue weighted by molar-refractivity contribution is 5.70. The first-order chi connectivity index (χ1) is 7.92. The number of piperidine rings is 1. The lowest BCUT2D eigenvalue weighted by Gasteiger charge is -2.35. The van der Waals surface area contributed by atoms with E-state index in [0.717, 1.165) is 13.1 Å². The summed E-state index contributed by atoms with van der Waals surface area (Å²) in [5.41, 5.74) is -0.358. The van der Waals surface area contributed by atoms with Gasteiger partial charge in [0.15, 0.2) is 0 Å². The van der Waals surface area contributed by atoms with Crippen molar-refractivity contribution in [3.05, 3.63) is 0 Å². The number of hydrogen-bond acceptors (Lipinski definition) is 3. The number of carbonyl (C=O) groups is 1. The van der Waals surface area contributed by atoms with Crippen molar-refractivity contribution in [2.45, 2.75) is 71.4 Å². The third-order valence-corrected chi connectivity index (χ3v) is 3.24. The van der Waals surface area contributed by atoms with E-state index in [2.05, 4.69) is 11.8 Å². The third-order valence-electron chi connectivity index (χ3n) is 3.24. The highest BCUT2D eigenvalue weighted by Crippen LogP contribution is 2.19. The summed E-state index contributed by atoms with van der Waals surface area (Å²) in [7, 11) is 0. The Hall–Kier alpha value is -0.570. The Bertz CT molecular complexity index is 245. The number of ether oxygens (including phenoxy) is 1. The molecular weight excluding hydrogens is 214 g/mol. The van der Waals surface area contributed by atoms with Crippen molar-refractivity contribution >= 4 is 5.97 Å². The lowest BCUT2D eigenvalue weighted by Crippen LogP contribution is -2.40. The van der Waals surface area contributed by atoms with Gasteiger partial charge in [0.1, 0.15) is 5.60 Å². The maximum Gasteiger partial charge on any atom is 0.307 e. The van der Waals surface area contributed by atoms with E-state index in [9.17, 15) is 4.79 Å². The monoisotopic (exact) mass is 241 g/mol. The number of carbonyl (C=O) groups excluding carboxylic acids is 1. The van der Waals surface area contributed by atoms with Crippen LogP contribution in [0.3, 0.4) is 0 Å². The van der Waals surface area contributed by atoms with Crippen LogP contribution in [-0.2, 0) is 9.53 Å². The normalized spacial score (nSPS) is 22.5. The second kappa shape index (κ2) is 6.39. The molecule has 3 nitrogen and oxygen atoms in total. The van der Waals surface area contributed by atoms with E-state index in [4.69, 9.17) is 4.74 Å². The highest BCUT2D eigenvalue weighted by Gasteiger charge is 2.22. The summed E-state index contributed by atoms with van der Waals surface area (Å²) in [6, 6.07) is 0.672. The number of likely N-dealkylation sites (tertiary alicyclic amines) is 1. The summed E-state index contributed by atoms with van der Waals surface area (Å²) in [6.07, 6.45) is 5.60. The Balaban J connectivity index is 2.31. The number of rotatable bonds is 4. The fraction of sp³-hybridized carbons (Fsp3) is 0.929. The summed E-state index contributed by atoms with van der Waals surface area (Å²) in [5.74, 6) is -0.0714. The predicted molar refractivity (Wildman–Crippen MR) is 70.0 cm³/mol. The maximum atomic E-state index is 11.6. The van der Waals surface area contributed by atoms with Crippen molar-refractivity contribution in [1.82, 2.24) is 4.90 Å². The summed E-state index contributed by atoms with van der Waals surface area (Å²) >= 11 is 0. The third kappa shape index (κ3) is 5.53. The van der Waals surface area contributed by atoms with E-state index < -0.39 is 0 Å². The van der Waals surface area contributed by atoms with Crippen molar-refractivity contribution in [1.29, 1.82) is 0 Å². The van der Waals surface area contributed by atoms with E-state index in [1.54, 1.807) is 0 Å². The number of esters is 1. The van der Waals surface area contributed by atoms with Gasteiger partial charge in [-0.25, -0.2) is 0 Å². The Morgan fingerprint density at radius 2 is 2.06 bits per heavy atom. The zero-order valence-corrected chi connectivity index (χ0v) is 11.8. The first-order valence-corrected chi connectivity index (χ1v) is 6.88. The minimum Gasteiger partial charge on any atom is -0.460 e. The van der Waals surface area contributed by atoms with Gasteiger partial charge >= 0.3 is 5.97 Å². The van der Waals surface area contributed by atoms with Crippen molar-refractivity contribution in [3.63, 3.8) is 0 Å². The minimum atomic E-state index is -0.358. The first kappa shape index (κ1) is 14.5. The molecule has 1 aliphatic rings. The van der Waals surface area contributed by atoms with E-state index in [-0.39, 0.29) is 11.6 Å². The topological polar surface area (TPSA) is 29.5 Å². The number of nitrogens with zero attached hydrogens (tertiary/aromatic N) is 1. The van der Waals surface area contributed by atoms with E-state index in [1.165, 1.54) is 25.7 Å². The molecule has 0 aromatic heterocycles. The molecule has 1 fully saturated rings. The van der Waals surface area contributed by atoms with Crippen LogP contribution < -0.4 is 0 Å². The smallest absolute Gasteiger partial charge is 0.307 e. The molecule has 3 heteroatoms. The Kier molecular flexibility index (Phi) is 5.44. The lowest BCUT2D eigenvalue weighted by atomic mass is 10.00. The molecule has 1 atom stereocenters. The van der Waals surface area contributed by atoms with Crippen LogP contribution in [0.25, 0.3) is 0 Å². The van der Waals surface area contributed by atoms with Gasteiger partial charge in [-0.2, -0.15) is 0 Å². The van der Waals surface area contributed by atoms with Crippen LogP contribution in [0, 0.1) is 0 Å². The van der Waals surface area contributed by atoms with Gasteiger partial charge < -0.3 is 4.74 Å². The Labute approximate surface area is 106 Å². The number of hydrogen-bond donors (Lipinski definition) is 0. The Morgan fingerprint density at radius 1 is 1.35 bits per heavy atom. The first-order valence-electron chi connectivity index (χ1n) is 6.88. The molecule has 1 rings (SSSR count). The largest absolute Gasteiger partial charge is 0.460 e. The molecule has 0 amide bonds. The fourth-order valence-electron chi connectivity index (χ4n) is 2.44. The van der Waals surface area contributed by atoms with E-state index in [0.29, 0.717) is 12.5 Å². The fourth-order valence-corrected chi connectivity index (χ4v) is 2.44. The van der Waals surface area contributed by atoms with Gasteiger partial charge in [0, 0.05) is 12.6 Å². The van der Waals surface area contributed by atoms with Gasteiger partial charge in [-0.05, 0) is 46.6 Å². The summed E-state index contributed by atoms with van der Waals surface area (Å²) < 4.78 is 5.33. The minimum absolute atomic E-state index is 0.0714. The van der Waals surface area contributed by atoms with Crippen LogP contribution in [0.1, 0.15) is 59.8 Å². The second-order valence-electron chi connectivity index (χ2n) is 5.93. The molecule has 17 heavy (non-hydrogen) atoms. The van der Waals surface area contributed by atoms with Gasteiger partial charge in [-0.1, -0.05) is 13.3 Å². The molecule has 0 bridgehead atoms. The molecule has 0 aromatic rings. The molecule has 0 N–H and O–H groups in total. The Morgan fingerprint density at radius 3 is 2.65 bits per heavy atom. The van der Waals surface area contributed by atoms with E-state index >= 15 is 0 Å². The van der Waals surface area contributed by atoms with Gasteiger partial charge in [0.25, 0.3) is 0 Å². The zero-order chi connectivity index (χ0) is 12.9. The molecule has 0 spiro atoms. The average Bonchev–Trinajstić information content (AvgIpc) is 2.24. The zero-order valence-electron chi connectivity index (χ0n) is 11.8. The van der Waals surface area contributed by atoms with E-state index in [1.807, 2.05) is 20.8 Å². The molecule has 0 aromatic carbocycles. The van der Waals surface area contributed by atoms with Crippen LogP contribution in [0.5, 0.6) is 0 Å². The molecule has 1 heterocycles. The van der Waals surface area contributed by atoms with Crippen molar-refractivity contribution in [3.8, 4) is 0 Å². The average molecular weight is 241 g/mol. The van der Waals surface area contributed by atoms with Crippen LogP contribution in [0.2, 0.25) is 0 Å². The SMILES string of the molecule is CCC1CCCCN1CCC(=O)OC(C)(C)C. The molecular formula is C14H27NO2. The quantitative estimate of drug-likeness (QED) is 0.709. The van der Waals surface area contributed by atoms with Crippen LogP contribution in [0.4, 0.5) is 0 Å². The predicted octanol–water partition coefficient (Wildman–Crippen LogP) is 2.98. The molecule has 0 saturated carbocycles. The van der Waals surface area contributed by atoms with Gasteiger partial charge in [0.2, 0.25) is 0 Å². The second-order valence-corrected chi connectivity index (χ2v) is 5.93. The van der Waals surface area contributed by atoms with Gasteiger partial charge in [-0.3, -0.25) is 9.69 Å². The molecule has 0 aliphatic carbocycles. The van der Waals surface area contributed by atoms with Crippen LogP contribution >= 0.6 is 0 Å². The van der Waals surface area contributed by atoms with Gasteiger partial charge in [0.05, 0.1) is 6.42 Å². The highest BCUT2D eigenvalue weighted by atomic mass is 16.6. The van der Waals surface area contributed by atoms with Crippen molar-refractivity contribution in [2.75, 3.05) is 13.1 Å². The van der Waals surface area contributed by atoms with Crippen LogP contribution in [0.15, 0.2) is 0 Å². The molecule has 1 saturated heterocycles. The van der Waals surface area contributed by atoms with Crippen molar-refractivity contribution < 1.29 is 9.53 Å². The lowest BCUT2D eigenvalue weighted by molar-refractivity contribution is -0.155. The standard InChI is InChI=1S/C14H27NO2/c1-5-12-8-6-7-10-15(12)11-9-13(16)17-14(2,3)4/h12H,5-11H2,1-4H3. The molecule has 100 valence electrons. The summed E-state index contributed by atoms with van der Waals surface area (Å²) in [4.78, 5) is 14.1. The van der Waals surface area contributed by atoms with Gasteiger partial charge in [-0.15, -0.1) is 0 Å². The van der Waals surface area contributed by atoms with Crippen molar-refractivity contribution in [2.24, 2.45) is 0 Å². The molecule has 0 radical (unpaired) electrons. The molecule has 1 unspecified atom stereocenters. The molecule has 1 aliphatic heterocycles.